The van der Waals surface area contributed by atoms with E-state index in [1.807, 2.05) is 35.6 Å². The summed E-state index contributed by atoms with van der Waals surface area (Å²) < 4.78 is 2.12. The molecule has 0 fully saturated rings. The van der Waals surface area contributed by atoms with Gasteiger partial charge in [-0.25, -0.2) is 4.98 Å². The van der Waals surface area contributed by atoms with E-state index in [0.29, 0.717) is 13.0 Å². The minimum atomic E-state index is 0.0798. The van der Waals surface area contributed by atoms with Crippen LogP contribution in [-0.2, 0) is 17.9 Å². The van der Waals surface area contributed by atoms with Crippen LogP contribution >= 0.6 is 0 Å². The first kappa shape index (κ1) is 16.6. The van der Waals surface area contributed by atoms with Crippen LogP contribution in [0.5, 0.6) is 0 Å². The highest BCUT2D eigenvalue weighted by Gasteiger charge is 2.25. The van der Waals surface area contributed by atoms with Crippen LogP contribution < -0.4 is 0 Å². The first-order valence-electron chi connectivity index (χ1n) is 9.09. The molecule has 4 nitrogen and oxygen atoms in total. The van der Waals surface area contributed by atoms with Crippen molar-refractivity contribution in [2.45, 2.75) is 32.4 Å². The summed E-state index contributed by atoms with van der Waals surface area (Å²) in [7, 11) is 0. The van der Waals surface area contributed by atoms with Crippen molar-refractivity contribution in [2.24, 2.45) is 0 Å². The molecule has 0 radical (unpaired) electrons. The number of hydrogen-bond acceptors (Lipinski definition) is 2. The molecule has 0 saturated heterocycles. The molecule has 0 N–H and O–H groups in total. The summed E-state index contributed by atoms with van der Waals surface area (Å²) in [4.78, 5) is 19.2. The second-order valence-corrected chi connectivity index (χ2v) is 6.97. The van der Waals surface area contributed by atoms with Crippen molar-refractivity contribution in [1.82, 2.24) is 14.5 Å². The first-order chi connectivity index (χ1) is 12.7. The fourth-order valence-electron chi connectivity index (χ4n) is 3.61. The summed E-state index contributed by atoms with van der Waals surface area (Å²) >= 11 is 0. The Labute approximate surface area is 154 Å². The van der Waals surface area contributed by atoms with Crippen molar-refractivity contribution in [3.8, 4) is 0 Å². The Morgan fingerprint density at radius 2 is 1.77 bits per heavy atom. The van der Waals surface area contributed by atoms with Gasteiger partial charge in [-0.1, -0.05) is 60.2 Å². The van der Waals surface area contributed by atoms with E-state index in [1.165, 1.54) is 16.7 Å². The molecule has 2 heterocycles. The van der Waals surface area contributed by atoms with Crippen LogP contribution in [0, 0.1) is 6.92 Å². The summed E-state index contributed by atoms with van der Waals surface area (Å²) in [6, 6.07) is 18.9. The van der Waals surface area contributed by atoms with Gasteiger partial charge in [-0.15, -0.1) is 0 Å². The molecule has 0 unspecified atom stereocenters. The number of nitrogens with zero attached hydrogens (tertiary/aromatic N) is 3. The summed E-state index contributed by atoms with van der Waals surface area (Å²) in [6.07, 6.45) is 4.19. The summed E-state index contributed by atoms with van der Waals surface area (Å²) in [5.41, 5.74) is 4.72. The lowest BCUT2D eigenvalue weighted by atomic mass is 9.87. The number of aryl methyl sites for hydroxylation is 1. The lowest BCUT2D eigenvalue weighted by Crippen LogP contribution is -2.38. The third kappa shape index (κ3) is 3.40. The number of rotatable bonds is 4. The molecule has 1 amide bonds. The number of benzene rings is 2. The quantitative estimate of drug-likeness (QED) is 0.722. The molecule has 26 heavy (non-hydrogen) atoms. The number of fused-ring (bicyclic) bond motifs is 1. The minimum Gasteiger partial charge on any atom is -0.335 e. The van der Waals surface area contributed by atoms with E-state index in [1.54, 1.807) is 0 Å². The van der Waals surface area contributed by atoms with Crippen LogP contribution in [0.25, 0.3) is 0 Å². The zero-order valence-corrected chi connectivity index (χ0v) is 15.0. The van der Waals surface area contributed by atoms with Crippen LogP contribution in [0.15, 0.2) is 67.1 Å². The predicted molar refractivity (Wildman–Crippen MR) is 102 cm³/mol. The van der Waals surface area contributed by atoms with Crippen LogP contribution in [-0.4, -0.2) is 26.9 Å². The normalized spacial score (nSPS) is 14.7. The third-order valence-corrected chi connectivity index (χ3v) is 5.18. The van der Waals surface area contributed by atoms with E-state index in [2.05, 4.69) is 52.9 Å². The van der Waals surface area contributed by atoms with Crippen LogP contribution in [0.1, 0.15) is 34.7 Å². The molecular weight excluding hydrogens is 322 g/mol. The van der Waals surface area contributed by atoms with Crippen molar-refractivity contribution < 1.29 is 4.79 Å². The third-order valence-electron chi connectivity index (χ3n) is 5.18. The standard InChI is InChI=1S/C22H23N3O/c1-17-7-9-19(10-8-17)21(18-5-3-2-4-6-18)13-22(26)24-11-12-25-16-23-14-20(25)15-24/h2-10,14,16,21H,11-13,15H2,1H3/t21-/m0/s1. The average Bonchev–Trinajstić information content (AvgIpc) is 3.15. The zero-order valence-electron chi connectivity index (χ0n) is 15.0. The number of imidazole rings is 1. The van der Waals surface area contributed by atoms with E-state index in [9.17, 15) is 4.79 Å². The number of aromatic nitrogens is 2. The highest BCUT2D eigenvalue weighted by molar-refractivity contribution is 5.78. The maximum atomic E-state index is 13.1. The molecule has 4 rings (SSSR count). The van der Waals surface area contributed by atoms with Crippen molar-refractivity contribution >= 4 is 5.91 Å². The first-order valence-corrected chi connectivity index (χ1v) is 9.09. The van der Waals surface area contributed by atoms with Gasteiger partial charge in [-0.2, -0.15) is 0 Å². The Bertz CT molecular complexity index is 883. The Balaban J connectivity index is 1.57. The Hall–Kier alpha value is -2.88. The molecule has 0 bridgehead atoms. The lowest BCUT2D eigenvalue weighted by molar-refractivity contribution is -0.132. The van der Waals surface area contributed by atoms with Crippen molar-refractivity contribution in [3.05, 3.63) is 89.5 Å². The molecule has 1 aliphatic rings. The van der Waals surface area contributed by atoms with Crippen LogP contribution in [0.4, 0.5) is 0 Å². The van der Waals surface area contributed by atoms with E-state index in [4.69, 9.17) is 0 Å². The van der Waals surface area contributed by atoms with Gasteiger partial charge in [0.1, 0.15) is 0 Å². The topological polar surface area (TPSA) is 38.1 Å². The number of amides is 1. The smallest absolute Gasteiger partial charge is 0.223 e. The Kier molecular flexibility index (Phi) is 4.57. The fraction of sp³-hybridized carbons (Fsp3) is 0.273. The van der Waals surface area contributed by atoms with Crippen LogP contribution in [0.3, 0.4) is 0 Å². The second kappa shape index (κ2) is 7.16. The monoisotopic (exact) mass is 345 g/mol. The minimum absolute atomic E-state index is 0.0798. The summed E-state index contributed by atoms with van der Waals surface area (Å²) in [5.74, 6) is 0.281. The van der Waals surface area contributed by atoms with Gasteiger partial charge in [0, 0.05) is 31.6 Å². The zero-order chi connectivity index (χ0) is 17.9. The molecule has 4 heteroatoms. The van der Waals surface area contributed by atoms with Gasteiger partial charge in [0.2, 0.25) is 5.91 Å². The van der Waals surface area contributed by atoms with Crippen molar-refractivity contribution in [3.63, 3.8) is 0 Å². The average molecular weight is 345 g/mol. The summed E-state index contributed by atoms with van der Waals surface area (Å²) in [5, 5.41) is 0. The number of carbonyl (C=O) groups excluding carboxylic acids is 1. The molecule has 0 saturated carbocycles. The number of carbonyl (C=O) groups is 1. The van der Waals surface area contributed by atoms with Gasteiger partial charge in [0.15, 0.2) is 0 Å². The predicted octanol–water partition coefficient (Wildman–Crippen LogP) is 3.76. The second-order valence-electron chi connectivity index (χ2n) is 6.97. The molecule has 1 aliphatic heterocycles. The van der Waals surface area contributed by atoms with Crippen LogP contribution in [0.2, 0.25) is 0 Å². The molecule has 3 aromatic rings. The van der Waals surface area contributed by atoms with Gasteiger partial charge in [-0.05, 0) is 18.1 Å². The van der Waals surface area contributed by atoms with E-state index < -0.39 is 0 Å². The van der Waals surface area contributed by atoms with Gasteiger partial charge in [-0.3, -0.25) is 4.79 Å². The maximum absolute atomic E-state index is 13.1. The highest BCUT2D eigenvalue weighted by Crippen LogP contribution is 2.29. The van der Waals surface area contributed by atoms with Gasteiger partial charge in [0.05, 0.1) is 18.6 Å². The Morgan fingerprint density at radius 1 is 1.04 bits per heavy atom. The fourth-order valence-corrected chi connectivity index (χ4v) is 3.61. The molecular formula is C22H23N3O. The van der Waals surface area contributed by atoms with Gasteiger partial charge in [0.25, 0.3) is 0 Å². The number of hydrogen-bond donors (Lipinski definition) is 0. The molecule has 132 valence electrons. The molecule has 0 spiro atoms. The molecule has 1 atom stereocenters. The lowest BCUT2D eigenvalue weighted by Gasteiger charge is -2.30. The molecule has 1 aromatic heterocycles. The largest absolute Gasteiger partial charge is 0.335 e. The molecule has 2 aromatic carbocycles. The van der Waals surface area contributed by atoms with Crippen molar-refractivity contribution in [1.29, 1.82) is 0 Å². The Morgan fingerprint density at radius 3 is 2.54 bits per heavy atom. The molecule has 0 aliphatic carbocycles. The maximum Gasteiger partial charge on any atom is 0.223 e. The van der Waals surface area contributed by atoms with Gasteiger partial charge < -0.3 is 9.47 Å². The van der Waals surface area contributed by atoms with Gasteiger partial charge >= 0.3 is 0 Å². The highest BCUT2D eigenvalue weighted by atomic mass is 16.2. The summed E-state index contributed by atoms with van der Waals surface area (Å²) in [6.45, 7) is 4.30. The van der Waals surface area contributed by atoms with E-state index in [0.717, 1.165) is 18.8 Å². The van der Waals surface area contributed by atoms with Crippen molar-refractivity contribution in [2.75, 3.05) is 6.54 Å². The van der Waals surface area contributed by atoms with E-state index in [-0.39, 0.29) is 11.8 Å². The SMILES string of the molecule is Cc1ccc([C@@H](CC(=O)N2CCn3cncc3C2)c2ccccc2)cc1. The van der Waals surface area contributed by atoms with E-state index >= 15 is 0 Å².